The fraction of sp³-hybridized carbons (Fsp3) is 0.892. The van der Waals surface area contributed by atoms with Crippen LogP contribution in [-0.2, 0) is 14.3 Å². The number of aliphatic hydroxyl groups is 2. The lowest BCUT2D eigenvalue weighted by Gasteiger charge is -2.22. The average Bonchev–Trinajstić information content (AvgIpc) is 3.46. The van der Waals surface area contributed by atoms with Gasteiger partial charge in [-0.1, -0.05) is 339 Å². The molecule has 6 nitrogen and oxygen atoms in total. The van der Waals surface area contributed by atoms with Gasteiger partial charge in [0, 0.05) is 12.8 Å². The summed E-state index contributed by atoms with van der Waals surface area (Å²) in [6.45, 7) is 4.95. The van der Waals surface area contributed by atoms with Crippen molar-refractivity contribution < 1.29 is 24.5 Å². The number of carbonyl (C=O) groups is 2. The number of aliphatic hydroxyl groups excluding tert-OH is 2. The van der Waals surface area contributed by atoms with E-state index in [1.54, 1.807) is 0 Å². The Morgan fingerprint density at radius 1 is 0.350 bits per heavy atom. The van der Waals surface area contributed by atoms with E-state index in [-0.39, 0.29) is 18.5 Å². The summed E-state index contributed by atoms with van der Waals surface area (Å²) in [5, 5.41) is 23.4. The molecule has 0 aliphatic carbocycles. The monoisotopic (exact) mass is 1120 g/mol. The van der Waals surface area contributed by atoms with E-state index in [0.29, 0.717) is 25.9 Å². The van der Waals surface area contributed by atoms with Crippen LogP contribution >= 0.6 is 0 Å². The first-order valence-electron chi connectivity index (χ1n) is 36.2. The van der Waals surface area contributed by atoms with Crippen LogP contribution in [0.4, 0.5) is 0 Å². The zero-order valence-corrected chi connectivity index (χ0v) is 54.1. The van der Waals surface area contributed by atoms with Crippen molar-refractivity contribution in [1.29, 1.82) is 0 Å². The summed E-state index contributed by atoms with van der Waals surface area (Å²) in [6.07, 6.45) is 89.1. The highest BCUT2D eigenvalue weighted by Crippen LogP contribution is 2.19. The smallest absolute Gasteiger partial charge is 0.305 e. The van der Waals surface area contributed by atoms with Crippen LogP contribution in [0.15, 0.2) is 36.5 Å². The second-order valence-corrected chi connectivity index (χ2v) is 24.9. The molecule has 1 amide bonds. The number of hydrogen-bond donors (Lipinski definition) is 3. The average molecular weight is 1120 g/mol. The Labute approximate surface area is 500 Å². The maximum absolute atomic E-state index is 12.6. The molecule has 0 bridgehead atoms. The third kappa shape index (κ3) is 65.2. The van der Waals surface area contributed by atoms with Crippen LogP contribution in [0.2, 0.25) is 0 Å². The van der Waals surface area contributed by atoms with Crippen molar-refractivity contribution in [2.75, 3.05) is 13.2 Å². The minimum Gasteiger partial charge on any atom is -0.466 e. The van der Waals surface area contributed by atoms with Gasteiger partial charge in [0.2, 0.25) is 5.91 Å². The Morgan fingerprint density at radius 2 is 0.625 bits per heavy atom. The topological polar surface area (TPSA) is 95.9 Å². The molecule has 6 heteroatoms. The van der Waals surface area contributed by atoms with Crippen molar-refractivity contribution in [2.24, 2.45) is 0 Å². The number of hydrogen-bond acceptors (Lipinski definition) is 5. The summed E-state index contributed by atoms with van der Waals surface area (Å²) in [5.41, 5.74) is 0. The summed E-state index contributed by atoms with van der Waals surface area (Å²) in [6, 6.07) is -0.544. The van der Waals surface area contributed by atoms with Gasteiger partial charge in [0.05, 0.1) is 25.4 Å². The SMILES string of the molecule is CCCCC/C=C\C/C=C\CCCCCCCC(=O)OCCCCCCCCCCCCCC/C=C\CCCCCCCCCCCCC(=O)NC(CO)C(O)CCCCCCCCCCCCCCCCCCCCCCCC. The Morgan fingerprint density at radius 3 is 0.988 bits per heavy atom. The highest BCUT2D eigenvalue weighted by atomic mass is 16.5. The molecule has 2 unspecified atom stereocenters. The molecule has 2 atom stereocenters. The number of carbonyl (C=O) groups excluding carboxylic acids is 2. The van der Waals surface area contributed by atoms with Crippen LogP contribution in [0, 0.1) is 0 Å². The quantitative estimate of drug-likeness (QED) is 0.0320. The highest BCUT2D eigenvalue weighted by Gasteiger charge is 2.20. The van der Waals surface area contributed by atoms with Gasteiger partial charge in [-0.2, -0.15) is 0 Å². The largest absolute Gasteiger partial charge is 0.466 e. The zero-order chi connectivity index (χ0) is 57.8. The van der Waals surface area contributed by atoms with Crippen LogP contribution < -0.4 is 5.32 Å². The molecular weight excluding hydrogens is 983 g/mol. The first-order valence-corrected chi connectivity index (χ1v) is 36.2. The van der Waals surface area contributed by atoms with Crippen molar-refractivity contribution >= 4 is 11.9 Å². The lowest BCUT2D eigenvalue weighted by Crippen LogP contribution is -2.45. The van der Waals surface area contributed by atoms with Crippen molar-refractivity contribution in [3.8, 4) is 0 Å². The number of ether oxygens (including phenoxy) is 1. The van der Waals surface area contributed by atoms with E-state index in [1.807, 2.05) is 0 Å². The van der Waals surface area contributed by atoms with E-state index in [1.165, 1.54) is 315 Å². The molecule has 0 radical (unpaired) electrons. The second kappa shape index (κ2) is 69.6. The van der Waals surface area contributed by atoms with Crippen molar-refractivity contribution in [3.05, 3.63) is 36.5 Å². The molecule has 0 aromatic heterocycles. The third-order valence-electron chi connectivity index (χ3n) is 16.9. The molecule has 0 aliphatic heterocycles. The molecule has 0 saturated heterocycles. The molecule has 0 heterocycles. The van der Waals surface area contributed by atoms with Crippen molar-refractivity contribution in [3.63, 3.8) is 0 Å². The minimum absolute atomic E-state index is 0.000895. The molecular formula is C74H141NO5. The van der Waals surface area contributed by atoms with E-state index >= 15 is 0 Å². The van der Waals surface area contributed by atoms with Crippen LogP contribution in [0.1, 0.15) is 399 Å². The Balaban J connectivity index is 3.40. The molecule has 80 heavy (non-hydrogen) atoms. The number of nitrogens with one attached hydrogen (secondary N) is 1. The van der Waals surface area contributed by atoms with Gasteiger partial charge in [-0.15, -0.1) is 0 Å². The molecule has 0 saturated carbocycles. The van der Waals surface area contributed by atoms with E-state index in [2.05, 4.69) is 55.6 Å². The Hall–Kier alpha value is -1.92. The van der Waals surface area contributed by atoms with Gasteiger partial charge in [0.15, 0.2) is 0 Å². The molecule has 0 spiro atoms. The molecule has 0 aromatic carbocycles. The number of esters is 1. The van der Waals surface area contributed by atoms with Crippen LogP contribution in [0.25, 0.3) is 0 Å². The maximum Gasteiger partial charge on any atom is 0.305 e. The van der Waals surface area contributed by atoms with Gasteiger partial charge in [-0.3, -0.25) is 9.59 Å². The predicted molar refractivity (Wildman–Crippen MR) is 352 cm³/mol. The summed E-state index contributed by atoms with van der Waals surface area (Å²) in [7, 11) is 0. The minimum atomic E-state index is -0.667. The lowest BCUT2D eigenvalue weighted by atomic mass is 10.0. The molecule has 472 valence electrons. The van der Waals surface area contributed by atoms with Gasteiger partial charge in [-0.25, -0.2) is 0 Å². The number of amides is 1. The molecule has 0 fully saturated rings. The fourth-order valence-electron chi connectivity index (χ4n) is 11.4. The molecule has 0 rings (SSSR count). The van der Waals surface area contributed by atoms with Gasteiger partial charge in [-0.05, 0) is 83.5 Å². The highest BCUT2D eigenvalue weighted by molar-refractivity contribution is 5.76. The molecule has 3 N–H and O–H groups in total. The van der Waals surface area contributed by atoms with Crippen molar-refractivity contribution in [2.45, 2.75) is 411 Å². The molecule has 0 aliphatic rings. The standard InChI is InChI=1S/C74H141NO5/c1-3-5-7-9-11-13-15-17-19-20-21-22-29-32-35-39-42-46-50-54-58-62-66-72(77)71(70-76)75-73(78)67-63-59-55-51-47-43-40-36-33-30-27-25-23-24-26-28-31-34-37-41-45-49-53-57-61-65-69-80-74(79)68-64-60-56-52-48-44-38-18-16-14-12-10-8-6-4-2/h12,14,18,23,25,38,71-72,76-77H,3-11,13,15-17,19-22,24,26-37,39-70H2,1-2H3,(H,75,78)/b14-12-,25-23-,38-18-. The van der Waals surface area contributed by atoms with E-state index in [0.717, 1.165) is 51.4 Å². The van der Waals surface area contributed by atoms with Gasteiger partial charge >= 0.3 is 5.97 Å². The predicted octanol–water partition coefficient (Wildman–Crippen LogP) is 23.5. The van der Waals surface area contributed by atoms with Gasteiger partial charge < -0.3 is 20.3 Å². The summed E-state index contributed by atoms with van der Waals surface area (Å²) >= 11 is 0. The van der Waals surface area contributed by atoms with Crippen LogP contribution in [0.3, 0.4) is 0 Å². The summed E-state index contributed by atoms with van der Waals surface area (Å²) in [5.74, 6) is -0.0318. The third-order valence-corrected chi connectivity index (χ3v) is 16.9. The second-order valence-electron chi connectivity index (χ2n) is 24.9. The molecule has 0 aromatic rings. The van der Waals surface area contributed by atoms with Gasteiger partial charge in [0.1, 0.15) is 0 Å². The normalized spacial score (nSPS) is 12.7. The summed E-state index contributed by atoms with van der Waals surface area (Å²) < 4.78 is 5.48. The number of allylic oxidation sites excluding steroid dienone is 6. The number of rotatable bonds is 68. The van der Waals surface area contributed by atoms with Gasteiger partial charge in [0.25, 0.3) is 0 Å². The van der Waals surface area contributed by atoms with Crippen molar-refractivity contribution in [1.82, 2.24) is 5.32 Å². The van der Waals surface area contributed by atoms with Crippen LogP contribution in [-0.4, -0.2) is 47.4 Å². The fourth-order valence-corrected chi connectivity index (χ4v) is 11.4. The lowest BCUT2D eigenvalue weighted by molar-refractivity contribution is -0.143. The van der Waals surface area contributed by atoms with Crippen LogP contribution in [0.5, 0.6) is 0 Å². The first kappa shape index (κ1) is 78.1. The maximum atomic E-state index is 12.6. The Bertz CT molecular complexity index is 1300. The first-order chi connectivity index (χ1) is 39.5. The van der Waals surface area contributed by atoms with E-state index < -0.39 is 12.1 Å². The van der Waals surface area contributed by atoms with E-state index in [9.17, 15) is 19.8 Å². The van der Waals surface area contributed by atoms with E-state index in [4.69, 9.17) is 4.74 Å². The zero-order valence-electron chi connectivity index (χ0n) is 54.1. The number of unbranched alkanes of at least 4 members (excludes halogenated alkanes) is 51. The Kier molecular flexibility index (Phi) is 67.9. The summed E-state index contributed by atoms with van der Waals surface area (Å²) in [4.78, 5) is 24.6.